The van der Waals surface area contributed by atoms with Crippen molar-refractivity contribution in [3.05, 3.63) is 81.0 Å². The van der Waals surface area contributed by atoms with Crippen molar-refractivity contribution in [2.75, 3.05) is 0 Å². The van der Waals surface area contributed by atoms with Crippen molar-refractivity contribution in [1.29, 1.82) is 0 Å². The van der Waals surface area contributed by atoms with Gasteiger partial charge in [0.1, 0.15) is 0 Å². The Bertz CT molecular complexity index is 853. The van der Waals surface area contributed by atoms with E-state index in [1.54, 1.807) is 0 Å². The molecule has 0 unspecified atom stereocenters. The first-order valence-electron chi connectivity index (χ1n) is 7.67. The molecule has 2 aromatic carbocycles. The molecule has 3 aromatic rings. The minimum atomic E-state index is 1.05. The summed E-state index contributed by atoms with van der Waals surface area (Å²) >= 11 is 1.83. The van der Waals surface area contributed by atoms with Gasteiger partial charge >= 0.3 is 0 Å². The fourth-order valence-corrected chi connectivity index (χ4v) is 4.09. The van der Waals surface area contributed by atoms with Gasteiger partial charge in [-0.3, -0.25) is 0 Å². The molecule has 0 bridgehead atoms. The van der Waals surface area contributed by atoms with E-state index < -0.39 is 0 Å². The molecule has 1 aromatic heterocycles. The molecule has 1 aliphatic rings. The van der Waals surface area contributed by atoms with Crippen molar-refractivity contribution in [3.8, 4) is 11.1 Å². The highest BCUT2D eigenvalue weighted by Gasteiger charge is 2.21. The van der Waals surface area contributed by atoms with Crippen molar-refractivity contribution in [3.63, 3.8) is 0 Å². The summed E-state index contributed by atoms with van der Waals surface area (Å²) in [6, 6.07) is 17.5. The smallest absolute Gasteiger partial charge is 0.0305 e. The van der Waals surface area contributed by atoms with E-state index >= 15 is 0 Å². The fourth-order valence-electron chi connectivity index (χ4n) is 3.34. The quantitative estimate of drug-likeness (QED) is 0.534. The molecule has 0 aliphatic heterocycles. The zero-order valence-electron chi connectivity index (χ0n) is 12.9. The molecule has 4 rings (SSSR count). The topological polar surface area (TPSA) is 0 Å². The number of allylic oxidation sites excluding steroid dienone is 1. The third-order valence-electron chi connectivity index (χ3n) is 4.57. The Morgan fingerprint density at radius 1 is 0.955 bits per heavy atom. The van der Waals surface area contributed by atoms with E-state index in [1.165, 1.54) is 43.8 Å². The highest BCUT2D eigenvalue weighted by Crippen LogP contribution is 2.41. The summed E-state index contributed by atoms with van der Waals surface area (Å²) in [4.78, 5) is 1.39. The first-order valence-corrected chi connectivity index (χ1v) is 8.55. The Morgan fingerprint density at radius 2 is 1.77 bits per heavy atom. The maximum atomic E-state index is 2.40. The summed E-state index contributed by atoms with van der Waals surface area (Å²) in [7, 11) is 0. The van der Waals surface area contributed by atoms with E-state index in [9.17, 15) is 0 Å². The maximum absolute atomic E-state index is 2.40. The van der Waals surface area contributed by atoms with Gasteiger partial charge in [-0.2, -0.15) is 0 Å². The third kappa shape index (κ3) is 2.13. The maximum Gasteiger partial charge on any atom is 0.0305 e. The molecule has 108 valence electrons. The van der Waals surface area contributed by atoms with Crippen LogP contribution in [0.3, 0.4) is 0 Å². The lowest BCUT2D eigenvalue weighted by molar-refractivity contribution is 1.25. The monoisotopic (exact) mass is 302 g/mol. The van der Waals surface area contributed by atoms with Gasteiger partial charge in [0.15, 0.2) is 0 Å². The molecule has 0 atom stereocenters. The van der Waals surface area contributed by atoms with E-state index in [2.05, 4.69) is 73.8 Å². The predicted molar refractivity (Wildman–Crippen MR) is 97.2 cm³/mol. The van der Waals surface area contributed by atoms with Crippen molar-refractivity contribution in [2.24, 2.45) is 0 Å². The number of thiophene rings is 1. The summed E-state index contributed by atoms with van der Waals surface area (Å²) < 4.78 is 0. The zero-order valence-corrected chi connectivity index (χ0v) is 13.7. The van der Waals surface area contributed by atoms with Gasteiger partial charge in [0.05, 0.1) is 0 Å². The summed E-state index contributed by atoms with van der Waals surface area (Å²) in [5.41, 5.74) is 9.84. The van der Waals surface area contributed by atoms with Crippen LogP contribution < -0.4 is 0 Å². The van der Waals surface area contributed by atoms with Crippen molar-refractivity contribution in [2.45, 2.75) is 20.3 Å². The number of rotatable bonds is 2. The molecule has 1 heteroatoms. The standard InChI is InChI=1S/C21H18S/c1-14-11-17-12-18(20-9-6-10-22-20)13-19(17)21(15(14)2)16-7-4-3-5-8-16/h3-11,13H,12H2,1-2H3. The Hall–Kier alpha value is -2.12. The normalized spacial score (nSPS) is 13.1. The van der Waals surface area contributed by atoms with Gasteiger partial charge in [0.25, 0.3) is 0 Å². The van der Waals surface area contributed by atoms with Crippen LogP contribution in [0.25, 0.3) is 22.8 Å². The largest absolute Gasteiger partial charge is 0.144 e. The van der Waals surface area contributed by atoms with Crippen molar-refractivity contribution < 1.29 is 0 Å². The molecule has 22 heavy (non-hydrogen) atoms. The highest BCUT2D eigenvalue weighted by molar-refractivity contribution is 7.11. The van der Waals surface area contributed by atoms with Crippen LogP contribution >= 0.6 is 11.3 Å². The summed E-state index contributed by atoms with van der Waals surface area (Å²) in [5.74, 6) is 0. The van der Waals surface area contributed by atoms with Crippen LogP contribution in [-0.4, -0.2) is 0 Å². The SMILES string of the molecule is Cc1cc2c(c(-c3ccccc3)c1C)C=C(c1cccs1)C2. The van der Waals surface area contributed by atoms with Gasteiger partial charge in [-0.15, -0.1) is 11.3 Å². The number of fused-ring (bicyclic) bond motifs is 1. The third-order valence-corrected chi connectivity index (χ3v) is 5.52. The molecule has 0 spiro atoms. The first kappa shape index (κ1) is 13.5. The second-order valence-electron chi connectivity index (χ2n) is 5.96. The zero-order chi connectivity index (χ0) is 15.1. The van der Waals surface area contributed by atoms with Crippen LogP contribution in [0.4, 0.5) is 0 Å². The Morgan fingerprint density at radius 3 is 2.50 bits per heavy atom. The average Bonchev–Trinajstić information content (AvgIpc) is 3.18. The lowest BCUT2D eigenvalue weighted by atomic mass is 9.90. The predicted octanol–water partition coefficient (Wildman–Crippen LogP) is 6.13. The minimum absolute atomic E-state index is 1.05. The van der Waals surface area contributed by atoms with Crippen LogP contribution in [0.5, 0.6) is 0 Å². The molecular formula is C21H18S. The van der Waals surface area contributed by atoms with Crippen molar-refractivity contribution >= 4 is 23.0 Å². The van der Waals surface area contributed by atoms with Crippen LogP contribution in [0, 0.1) is 13.8 Å². The number of hydrogen-bond donors (Lipinski definition) is 0. The number of hydrogen-bond acceptors (Lipinski definition) is 1. The van der Waals surface area contributed by atoms with E-state index in [4.69, 9.17) is 0 Å². The van der Waals surface area contributed by atoms with Gasteiger partial charge in [0, 0.05) is 4.88 Å². The van der Waals surface area contributed by atoms with Crippen molar-refractivity contribution in [1.82, 2.24) is 0 Å². The second kappa shape index (κ2) is 5.26. The number of benzene rings is 2. The van der Waals surface area contributed by atoms with Crippen LogP contribution in [0.1, 0.15) is 27.1 Å². The second-order valence-corrected chi connectivity index (χ2v) is 6.90. The Balaban J connectivity index is 1.93. The summed E-state index contributed by atoms with van der Waals surface area (Å²) in [5, 5.41) is 2.16. The summed E-state index contributed by atoms with van der Waals surface area (Å²) in [6.07, 6.45) is 3.45. The van der Waals surface area contributed by atoms with Gasteiger partial charge in [-0.25, -0.2) is 0 Å². The molecule has 0 saturated carbocycles. The molecular weight excluding hydrogens is 284 g/mol. The molecule has 0 saturated heterocycles. The van der Waals surface area contributed by atoms with E-state index in [0.29, 0.717) is 0 Å². The minimum Gasteiger partial charge on any atom is -0.144 e. The van der Waals surface area contributed by atoms with Crippen LogP contribution in [0.15, 0.2) is 53.9 Å². The van der Waals surface area contributed by atoms with E-state index in [-0.39, 0.29) is 0 Å². The van der Waals surface area contributed by atoms with E-state index in [1.807, 2.05) is 11.3 Å². The molecule has 0 fully saturated rings. The highest BCUT2D eigenvalue weighted by atomic mass is 32.1. The lowest BCUT2D eigenvalue weighted by Gasteiger charge is -2.14. The summed E-state index contributed by atoms with van der Waals surface area (Å²) in [6.45, 7) is 4.47. The molecule has 1 heterocycles. The van der Waals surface area contributed by atoms with Gasteiger partial charge in [0.2, 0.25) is 0 Å². The van der Waals surface area contributed by atoms with Gasteiger partial charge in [-0.1, -0.05) is 42.5 Å². The lowest BCUT2D eigenvalue weighted by Crippen LogP contribution is -1.95. The first-order chi connectivity index (χ1) is 10.7. The van der Waals surface area contributed by atoms with Crippen LogP contribution in [0.2, 0.25) is 0 Å². The molecule has 0 radical (unpaired) electrons. The van der Waals surface area contributed by atoms with Crippen LogP contribution in [-0.2, 0) is 6.42 Å². The van der Waals surface area contributed by atoms with Gasteiger partial charge < -0.3 is 0 Å². The molecule has 0 amide bonds. The number of aryl methyl sites for hydroxylation is 1. The Labute approximate surface area is 135 Å². The molecule has 1 aliphatic carbocycles. The molecule has 0 nitrogen and oxygen atoms in total. The Kier molecular flexibility index (Phi) is 3.24. The van der Waals surface area contributed by atoms with Gasteiger partial charge in [-0.05, 0) is 76.7 Å². The average molecular weight is 302 g/mol. The van der Waals surface area contributed by atoms with E-state index in [0.717, 1.165) is 6.42 Å². The molecule has 0 N–H and O–H groups in total. The fraction of sp³-hybridized carbons (Fsp3) is 0.143.